The van der Waals surface area contributed by atoms with Crippen molar-refractivity contribution in [2.45, 2.75) is 6.54 Å². The first kappa shape index (κ1) is 8.93. The van der Waals surface area contributed by atoms with Crippen LogP contribution in [0.1, 0.15) is 5.56 Å². The summed E-state index contributed by atoms with van der Waals surface area (Å²) in [6, 6.07) is 0. The molecule has 0 aliphatic rings. The largest absolute Gasteiger partial charge is 0.347 e. The summed E-state index contributed by atoms with van der Waals surface area (Å²) in [7, 11) is 5.75. The molecule has 4 heteroatoms. The Morgan fingerprint density at radius 2 is 1.92 bits per heavy atom. The molecule has 1 N–H and O–H groups in total. The van der Waals surface area contributed by atoms with Gasteiger partial charge in [-0.15, -0.1) is 0 Å². The van der Waals surface area contributed by atoms with Gasteiger partial charge in [-0.2, -0.15) is 0 Å². The zero-order valence-electron chi connectivity index (χ0n) is 7.70. The van der Waals surface area contributed by atoms with Crippen molar-refractivity contribution < 1.29 is 0 Å². The van der Waals surface area contributed by atoms with Crippen molar-refractivity contribution in [3.63, 3.8) is 0 Å². The molecule has 0 atom stereocenters. The van der Waals surface area contributed by atoms with Crippen molar-refractivity contribution in [2.24, 2.45) is 0 Å². The van der Waals surface area contributed by atoms with Crippen LogP contribution in [0.25, 0.3) is 0 Å². The van der Waals surface area contributed by atoms with Gasteiger partial charge in [-0.05, 0) is 7.05 Å². The van der Waals surface area contributed by atoms with Crippen molar-refractivity contribution in [3.8, 4) is 0 Å². The monoisotopic (exact) mass is 166 g/mol. The normalized spacial score (nSPS) is 9.92. The van der Waals surface area contributed by atoms with Crippen LogP contribution in [0.3, 0.4) is 0 Å². The molecule has 0 amide bonds. The first-order valence-electron chi connectivity index (χ1n) is 3.87. The fourth-order valence-electron chi connectivity index (χ4n) is 0.874. The van der Waals surface area contributed by atoms with Gasteiger partial charge in [0, 0.05) is 38.6 Å². The lowest BCUT2D eigenvalue weighted by molar-refractivity contribution is 0.804. The van der Waals surface area contributed by atoms with E-state index in [0.717, 1.165) is 18.1 Å². The SMILES string of the molecule is CNCc1cnc(N(C)C)nc1. The van der Waals surface area contributed by atoms with Crippen molar-refractivity contribution in [1.82, 2.24) is 15.3 Å². The van der Waals surface area contributed by atoms with E-state index < -0.39 is 0 Å². The van der Waals surface area contributed by atoms with Crippen LogP contribution < -0.4 is 10.2 Å². The molecule has 0 spiro atoms. The summed E-state index contributed by atoms with van der Waals surface area (Å²) in [4.78, 5) is 10.2. The highest BCUT2D eigenvalue weighted by molar-refractivity contribution is 5.26. The molecule has 12 heavy (non-hydrogen) atoms. The van der Waals surface area contributed by atoms with E-state index in [9.17, 15) is 0 Å². The molecule has 0 aliphatic heterocycles. The van der Waals surface area contributed by atoms with Gasteiger partial charge in [0.15, 0.2) is 0 Å². The van der Waals surface area contributed by atoms with Crippen molar-refractivity contribution in [3.05, 3.63) is 18.0 Å². The molecule has 1 aromatic heterocycles. The van der Waals surface area contributed by atoms with Crippen LogP contribution in [0.2, 0.25) is 0 Å². The first-order chi connectivity index (χ1) is 5.74. The summed E-state index contributed by atoms with van der Waals surface area (Å²) in [5, 5.41) is 3.04. The van der Waals surface area contributed by atoms with Crippen molar-refractivity contribution >= 4 is 5.95 Å². The van der Waals surface area contributed by atoms with Gasteiger partial charge in [-0.1, -0.05) is 0 Å². The second-order valence-corrected chi connectivity index (χ2v) is 2.82. The summed E-state index contributed by atoms with van der Waals surface area (Å²) in [5.41, 5.74) is 1.10. The van der Waals surface area contributed by atoms with E-state index in [4.69, 9.17) is 0 Å². The van der Waals surface area contributed by atoms with Crippen LogP contribution in [0.4, 0.5) is 5.95 Å². The highest BCUT2D eigenvalue weighted by Crippen LogP contribution is 2.01. The molecular weight excluding hydrogens is 152 g/mol. The van der Waals surface area contributed by atoms with E-state index in [1.165, 1.54) is 0 Å². The average Bonchev–Trinajstić information content (AvgIpc) is 2.06. The topological polar surface area (TPSA) is 41.1 Å². The summed E-state index contributed by atoms with van der Waals surface area (Å²) < 4.78 is 0. The molecule has 1 rings (SSSR count). The maximum Gasteiger partial charge on any atom is 0.224 e. The molecule has 0 saturated heterocycles. The number of hydrogen-bond donors (Lipinski definition) is 1. The van der Waals surface area contributed by atoms with Gasteiger partial charge in [0.2, 0.25) is 5.95 Å². The maximum atomic E-state index is 4.17. The second kappa shape index (κ2) is 4.01. The Labute approximate surface area is 72.6 Å². The van der Waals surface area contributed by atoms with Gasteiger partial charge in [0.05, 0.1) is 0 Å². The van der Waals surface area contributed by atoms with E-state index in [1.54, 1.807) is 0 Å². The predicted molar refractivity (Wildman–Crippen MR) is 49.1 cm³/mol. The zero-order valence-corrected chi connectivity index (χ0v) is 7.70. The van der Waals surface area contributed by atoms with Crippen molar-refractivity contribution in [1.29, 1.82) is 0 Å². The average molecular weight is 166 g/mol. The highest BCUT2D eigenvalue weighted by Gasteiger charge is 1.97. The minimum absolute atomic E-state index is 0.745. The fourth-order valence-corrected chi connectivity index (χ4v) is 0.874. The Bertz CT molecular complexity index is 229. The van der Waals surface area contributed by atoms with E-state index in [-0.39, 0.29) is 0 Å². The maximum absolute atomic E-state index is 4.17. The Hall–Kier alpha value is -1.16. The summed E-state index contributed by atoms with van der Waals surface area (Å²) in [5.74, 6) is 0.745. The smallest absolute Gasteiger partial charge is 0.224 e. The molecule has 4 nitrogen and oxygen atoms in total. The van der Waals surface area contributed by atoms with Crippen molar-refractivity contribution in [2.75, 3.05) is 26.0 Å². The summed E-state index contributed by atoms with van der Waals surface area (Å²) >= 11 is 0. The summed E-state index contributed by atoms with van der Waals surface area (Å²) in [6.07, 6.45) is 3.66. The van der Waals surface area contributed by atoms with Crippen LogP contribution in [0.5, 0.6) is 0 Å². The fraction of sp³-hybridized carbons (Fsp3) is 0.500. The third-order valence-corrected chi connectivity index (χ3v) is 1.47. The Balaban J connectivity index is 2.71. The second-order valence-electron chi connectivity index (χ2n) is 2.82. The number of hydrogen-bond acceptors (Lipinski definition) is 4. The van der Waals surface area contributed by atoms with Crippen LogP contribution in [0.15, 0.2) is 12.4 Å². The molecular formula is C8H14N4. The predicted octanol–water partition coefficient (Wildman–Crippen LogP) is 0.262. The van der Waals surface area contributed by atoms with E-state index in [2.05, 4.69) is 15.3 Å². The lowest BCUT2D eigenvalue weighted by Crippen LogP contribution is -2.13. The molecule has 1 aromatic rings. The Morgan fingerprint density at radius 1 is 1.33 bits per heavy atom. The minimum Gasteiger partial charge on any atom is -0.347 e. The van der Waals surface area contributed by atoms with Crippen LogP contribution in [-0.4, -0.2) is 31.1 Å². The van der Waals surface area contributed by atoms with Gasteiger partial charge in [0.1, 0.15) is 0 Å². The number of rotatable bonds is 3. The number of anilines is 1. The molecule has 0 saturated carbocycles. The molecule has 0 radical (unpaired) electrons. The van der Waals surface area contributed by atoms with E-state index in [1.807, 2.05) is 38.4 Å². The Morgan fingerprint density at radius 3 is 2.33 bits per heavy atom. The zero-order chi connectivity index (χ0) is 8.97. The lowest BCUT2D eigenvalue weighted by atomic mass is 10.3. The molecule has 0 fully saturated rings. The van der Waals surface area contributed by atoms with Crippen LogP contribution in [-0.2, 0) is 6.54 Å². The van der Waals surface area contributed by atoms with E-state index >= 15 is 0 Å². The van der Waals surface area contributed by atoms with Crippen LogP contribution in [0, 0.1) is 0 Å². The van der Waals surface area contributed by atoms with Gasteiger partial charge in [0.25, 0.3) is 0 Å². The van der Waals surface area contributed by atoms with Crippen LogP contribution >= 0.6 is 0 Å². The Kier molecular flexibility index (Phi) is 2.99. The third-order valence-electron chi connectivity index (χ3n) is 1.47. The van der Waals surface area contributed by atoms with Gasteiger partial charge in [-0.3, -0.25) is 0 Å². The molecule has 0 aliphatic carbocycles. The summed E-state index contributed by atoms with van der Waals surface area (Å²) in [6.45, 7) is 0.813. The highest BCUT2D eigenvalue weighted by atomic mass is 15.2. The standard InChI is InChI=1S/C8H14N4/c1-9-4-7-5-10-8(11-6-7)12(2)3/h5-6,9H,4H2,1-3H3. The molecule has 0 aromatic carbocycles. The minimum atomic E-state index is 0.745. The number of nitrogens with zero attached hydrogens (tertiary/aromatic N) is 3. The van der Waals surface area contributed by atoms with Gasteiger partial charge < -0.3 is 10.2 Å². The van der Waals surface area contributed by atoms with Gasteiger partial charge in [-0.25, -0.2) is 9.97 Å². The first-order valence-corrected chi connectivity index (χ1v) is 3.87. The van der Waals surface area contributed by atoms with E-state index in [0.29, 0.717) is 0 Å². The lowest BCUT2D eigenvalue weighted by Gasteiger charge is -2.09. The quantitative estimate of drug-likeness (QED) is 0.699. The molecule has 1 heterocycles. The molecule has 0 unspecified atom stereocenters. The number of nitrogens with one attached hydrogen (secondary N) is 1. The van der Waals surface area contributed by atoms with Gasteiger partial charge >= 0.3 is 0 Å². The number of aromatic nitrogens is 2. The molecule has 0 bridgehead atoms. The molecule has 66 valence electrons. The third kappa shape index (κ3) is 2.17.